The van der Waals surface area contributed by atoms with E-state index in [1.54, 1.807) is 0 Å². The van der Waals surface area contributed by atoms with E-state index < -0.39 is 0 Å². The predicted molar refractivity (Wildman–Crippen MR) is 81.3 cm³/mol. The highest BCUT2D eigenvalue weighted by Gasteiger charge is 2.14. The van der Waals surface area contributed by atoms with Crippen LogP contribution in [-0.4, -0.2) is 48.5 Å². The van der Waals surface area contributed by atoms with Gasteiger partial charge in [0.15, 0.2) is 11.5 Å². The number of hydrogen-bond acceptors (Lipinski definition) is 5. The van der Waals surface area contributed by atoms with Crippen molar-refractivity contribution in [2.24, 2.45) is 0 Å². The Kier molecular flexibility index (Phi) is 4.17. The lowest BCUT2D eigenvalue weighted by Crippen LogP contribution is -2.46. The minimum absolute atomic E-state index is 0.00969. The molecule has 1 fully saturated rings. The monoisotopic (exact) mass is 288 g/mol. The molecule has 21 heavy (non-hydrogen) atoms. The molecule has 1 aliphatic rings. The third-order valence-corrected chi connectivity index (χ3v) is 3.59. The van der Waals surface area contributed by atoms with Crippen LogP contribution in [0.1, 0.15) is 12.8 Å². The molecule has 112 valence electrons. The molecule has 0 saturated carbocycles. The second-order valence-corrected chi connectivity index (χ2v) is 5.22. The largest absolute Gasteiger partial charge is 0.441 e. The molecule has 0 aliphatic carbocycles. The first kappa shape index (κ1) is 14.0. The van der Waals surface area contributed by atoms with E-state index in [-0.39, 0.29) is 5.91 Å². The summed E-state index contributed by atoms with van der Waals surface area (Å²) < 4.78 is 5.56. The normalized spacial score (nSPS) is 16.2. The number of carbonyl (C=O) groups is 1. The quantitative estimate of drug-likeness (QED) is 0.885. The molecule has 1 amide bonds. The number of rotatable bonds is 4. The summed E-state index contributed by atoms with van der Waals surface area (Å²) in [5, 5.41) is 6.20. The fraction of sp³-hybridized carbons (Fsp3) is 0.467. The average molecular weight is 288 g/mol. The number of nitrogens with one attached hydrogen (secondary N) is 2. The maximum Gasteiger partial charge on any atom is 0.238 e. The second-order valence-electron chi connectivity index (χ2n) is 5.22. The van der Waals surface area contributed by atoms with Gasteiger partial charge in [0.25, 0.3) is 0 Å². The van der Waals surface area contributed by atoms with Crippen LogP contribution in [0, 0.1) is 0 Å². The molecule has 1 aromatic heterocycles. The van der Waals surface area contributed by atoms with Crippen LogP contribution in [-0.2, 0) is 11.2 Å². The Bertz CT molecular complexity index is 632. The SMILES string of the molecule is CCc1nc2cc(NC(=O)CN3CCNCC3)ccc2o1. The van der Waals surface area contributed by atoms with Crippen molar-refractivity contribution in [2.75, 3.05) is 38.0 Å². The maximum atomic E-state index is 12.1. The molecule has 0 bridgehead atoms. The molecule has 6 nitrogen and oxygen atoms in total. The van der Waals surface area contributed by atoms with Crippen LogP contribution >= 0.6 is 0 Å². The van der Waals surface area contributed by atoms with Crippen LogP contribution in [0.15, 0.2) is 22.6 Å². The Morgan fingerprint density at radius 1 is 1.43 bits per heavy atom. The summed E-state index contributed by atoms with van der Waals surface area (Å²) in [4.78, 5) is 18.6. The van der Waals surface area contributed by atoms with Gasteiger partial charge in [0.1, 0.15) is 5.52 Å². The molecule has 1 saturated heterocycles. The third kappa shape index (κ3) is 3.40. The molecule has 2 aromatic rings. The number of aryl methyl sites for hydroxylation is 1. The highest BCUT2D eigenvalue weighted by atomic mass is 16.3. The van der Waals surface area contributed by atoms with Gasteiger partial charge < -0.3 is 15.1 Å². The molecule has 0 spiro atoms. The first-order valence-electron chi connectivity index (χ1n) is 7.37. The number of oxazole rings is 1. The second kappa shape index (κ2) is 6.24. The van der Waals surface area contributed by atoms with Crippen molar-refractivity contribution in [3.63, 3.8) is 0 Å². The summed E-state index contributed by atoms with van der Waals surface area (Å²) in [7, 11) is 0. The van der Waals surface area contributed by atoms with Crippen LogP contribution in [0.2, 0.25) is 0 Å². The van der Waals surface area contributed by atoms with Crippen molar-refractivity contribution in [3.05, 3.63) is 24.1 Å². The molecule has 2 heterocycles. The zero-order valence-corrected chi connectivity index (χ0v) is 12.2. The van der Waals surface area contributed by atoms with Crippen LogP contribution in [0.25, 0.3) is 11.1 Å². The molecule has 3 rings (SSSR count). The molecule has 2 N–H and O–H groups in total. The Balaban J connectivity index is 1.64. The average Bonchev–Trinajstić information content (AvgIpc) is 2.90. The van der Waals surface area contributed by atoms with Crippen molar-refractivity contribution in [2.45, 2.75) is 13.3 Å². The van der Waals surface area contributed by atoms with E-state index >= 15 is 0 Å². The summed E-state index contributed by atoms with van der Waals surface area (Å²) >= 11 is 0. The van der Waals surface area contributed by atoms with Crippen LogP contribution in [0.5, 0.6) is 0 Å². The van der Waals surface area contributed by atoms with Gasteiger partial charge in [-0.05, 0) is 18.2 Å². The Morgan fingerprint density at radius 2 is 2.24 bits per heavy atom. The number of fused-ring (bicyclic) bond motifs is 1. The van der Waals surface area contributed by atoms with Crippen LogP contribution < -0.4 is 10.6 Å². The van der Waals surface area contributed by atoms with Crippen LogP contribution in [0.4, 0.5) is 5.69 Å². The number of aromatic nitrogens is 1. The molecule has 0 radical (unpaired) electrons. The van der Waals surface area contributed by atoms with E-state index in [9.17, 15) is 4.79 Å². The lowest BCUT2D eigenvalue weighted by Gasteiger charge is -2.26. The van der Waals surface area contributed by atoms with Gasteiger partial charge in [-0.2, -0.15) is 0 Å². The first-order valence-corrected chi connectivity index (χ1v) is 7.37. The Hall–Kier alpha value is -1.92. The number of piperazine rings is 1. The molecule has 0 atom stereocenters. The van der Waals surface area contributed by atoms with E-state index in [2.05, 4.69) is 20.5 Å². The Labute approximate surface area is 123 Å². The summed E-state index contributed by atoms with van der Waals surface area (Å²) in [5.74, 6) is 0.727. The lowest BCUT2D eigenvalue weighted by atomic mass is 10.3. The van der Waals surface area contributed by atoms with Crippen molar-refractivity contribution in [3.8, 4) is 0 Å². The zero-order valence-electron chi connectivity index (χ0n) is 12.2. The standard InChI is InChI=1S/C15H20N4O2/c1-2-15-18-12-9-11(3-4-13(12)21-15)17-14(20)10-19-7-5-16-6-8-19/h3-4,9,16H,2,5-8,10H2,1H3,(H,17,20). The van der Waals surface area contributed by atoms with Crippen molar-refractivity contribution in [1.29, 1.82) is 0 Å². The third-order valence-electron chi connectivity index (χ3n) is 3.59. The number of benzene rings is 1. The number of nitrogens with zero attached hydrogens (tertiary/aromatic N) is 2. The predicted octanol–water partition coefficient (Wildman–Crippen LogP) is 1.23. The van der Waals surface area contributed by atoms with E-state index in [1.807, 2.05) is 25.1 Å². The van der Waals surface area contributed by atoms with Crippen molar-refractivity contribution in [1.82, 2.24) is 15.2 Å². The fourth-order valence-corrected chi connectivity index (χ4v) is 2.48. The number of amides is 1. The van der Waals surface area contributed by atoms with Gasteiger partial charge in [-0.25, -0.2) is 4.98 Å². The lowest BCUT2D eigenvalue weighted by molar-refractivity contribution is -0.117. The molecule has 6 heteroatoms. The van der Waals surface area contributed by atoms with Gasteiger partial charge in [0.05, 0.1) is 6.54 Å². The molecular weight excluding hydrogens is 268 g/mol. The highest BCUT2D eigenvalue weighted by molar-refractivity contribution is 5.94. The number of carbonyl (C=O) groups excluding carboxylic acids is 1. The van der Waals surface area contributed by atoms with Gasteiger partial charge in [-0.15, -0.1) is 0 Å². The first-order chi connectivity index (χ1) is 10.2. The number of anilines is 1. The maximum absolute atomic E-state index is 12.1. The van der Waals surface area contributed by atoms with Gasteiger partial charge in [0.2, 0.25) is 5.91 Å². The van der Waals surface area contributed by atoms with E-state index in [0.717, 1.165) is 49.4 Å². The summed E-state index contributed by atoms with van der Waals surface area (Å²) in [6.07, 6.45) is 0.763. The molecular formula is C15H20N4O2. The minimum Gasteiger partial charge on any atom is -0.441 e. The van der Waals surface area contributed by atoms with Crippen molar-refractivity contribution < 1.29 is 9.21 Å². The smallest absolute Gasteiger partial charge is 0.238 e. The number of hydrogen-bond donors (Lipinski definition) is 2. The minimum atomic E-state index is 0.00969. The van der Waals surface area contributed by atoms with E-state index in [0.29, 0.717) is 12.4 Å². The summed E-state index contributed by atoms with van der Waals surface area (Å²) in [5.41, 5.74) is 2.30. The fourth-order valence-electron chi connectivity index (χ4n) is 2.48. The zero-order chi connectivity index (χ0) is 14.7. The molecule has 1 aromatic carbocycles. The summed E-state index contributed by atoms with van der Waals surface area (Å²) in [6, 6.07) is 5.55. The van der Waals surface area contributed by atoms with Crippen molar-refractivity contribution >= 4 is 22.7 Å². The van der Waals surface area contributed by atoms with Gasteiger partial charge >= 0.3 is 0 Å². The van der Waals surface area contributed by atoms with E-state index in [4.69, 9.17) is 4.42 Å². The van der Waals surface area contributed by atoms with E-state index in [1.165, 1.54) is 0 Å². The van der Waals surface area contributed by atoms with Gasteiger partial charge in [-0.1, -0.05) is 6.92 Å². The van der Waals surface area contributed by atoms with Crippen LogP contribution in [0.3, 0.4) is 0 Å². The molecule has 0 unspecified atom stereocenters. The summed E-state index contributed by atoms with van der Waals surface area (Å²) in [6.45, 7) is 6.14. The topological polar surface area (TPSA) is 70.4 Å². The highest BCUT2D eigenvalue weighted by Crippen LogP contribution is 2.20. The van der Waals surface area contributed by atoms with Gasteiger partial charge in [-0.3, -0.25) is 9.69 Å². The van der Waals surface area contributed by atoms with Gasteiger partial charge in [0, 0.05) is 38.3 Å². The molecule has 1 aliphatic heterocycles. The Morgan fingerprint density at radius 3 is 3.00 bits per heavy atom.